The van der Waals surface area contributed by atoms with E-state index in [2.05, 4.69) is 232 Å². The maximum Gasteiger partial charge on any atom is 0.138 e. The van der Waals surface area contributed by atoms with Gasteiger partial charge in [0.15, 0.2) is 0 Å². The Kier molecular flexibility index (Phi) is 7.62. The minimum Gasteiger partial charge on any atom is -0.456 e. The van der Waals surface area contributed by atoms with Gasteiger partial charge in [0.25, 0.3) is 0 Å². The highest BCUT2D eigenvalue weighted by molar-refractivity contribution is 6.09. The minimum absolute atomic E-state index is 0.141. The Labute approximate surface area is 357 Å². The van der Waals surface area contributed by atoms with Gasteiger partial charge in [-0.3, -0.25) is 0 Å². The summed E-state index contributed by atoms with van der Waals surface area (Å²) in [5.74, 6) is 1.69. The van der Waals surface area contributed by atoms with Crippen molar-refractivity contribution in [1.82, 2.24) is 0 Å². The average molecular weight is 785 g/mol. The Morgan fingerprint density at radius 1 is 0.344 bits per heavy atom. The SMILES string of the molecule is CC1(C)c2ccccc2-c2ccc(N(c3ccc4c(c3)C(C)(C)c3ccccc3-4)c3cc4c5c(cccc5c3)-c3c(cccc3N(c3ccccc3)c3ccccc3)O4)cc21. The average Bonchev–Trinajstić information content (AvgIpc) is 3.66. The van der Waals surface area contributed by atoms with Crippen molar-refractivity contribution in [3.05, 3.63) is 216 Å². The first-order valence-corrected chi connectivity index (χ1v) is 21.3. The Morgan fingerprint density at radius 2 is 0.852 bits per heavy atom. The summed E-state index contributed by atoms with van der Waals surface area (Å²) in [5, 5.41) is 2.24. The molecule has 0 fully saturated rings. The monoisotopic (exact) mass is 784 g/mol. The molecule has 3 heteroatoms. The first kappa shape index (κ1) is 35.6. The molecule has 0 amide bonds. The third kappa shape index (κ3) is 5.23. The summed E-state index contributed by atoms with van der Waals surface area (Å²) in [5.41, 5.74) is 19.2. The number of para-hydroxylation sites is 2. The summed E-state index contributed by atoms with van der Waals surface area (Å²) in [4.78, 5) is 4.78. The van der Waals surface area contributed by atoms with E-state index in [1.54, 1.807) is 0 Å². The molecule has 0 N–H and O–H groups in total. The molecule has 9 aromatic carbocycles. The smallest absolute Gasteiger partial charge is 0.138 e. The fourth-order valence-corrected chi connectivity index (χ4v) is 10.7. The molecule has 0 saturated carbocycles. The van der Waals surface area contributed by atoms with Crippen LogP contribution in [0.2, 0.25) is 0 Å². The molecular weight excluding hydrogens is 741 g/mol. The third-order valence-electron chi connectivity index (χ3n) is 13.6. The summed E-state index contributed by atoms with van der Waals surface area (Å²) < 4.78 is 7.12. The van der Waals surface area contributed by atoms with Crippen molar-refractivity contribution >= 4 is 44.9 Å². The van der Waals surface area contributed by atoms with Gasteiger partial charge < -0.3 is 14.5 Å². The number of ether oxygens (including phenoxy) is 1. The largest absolute Gasteiger partial charge is 0.456 e. The lowest BCUT2D eigenvalue weighted by Gasteiger charge is -2.32. The van der Waals surface area contributed by atoms with E-state index in [9.17, 15) is 0 Å². The summed E-state index contributed by atoms with van der Waals surface area (Å²) in [7, 11) is 0. The van der Waals surface area contributed by atoms with E-state index in [1.807, 2.05) is 0 Å². The van der Waals surface area contributed by atoms with E-state index >= 15 is 0 Å². The Morgan fingerprint density at radius 3 is 1.44 bits per heavy atom. The molecule has 0 spiro atoms. The van der Waals surface area contributed by atoms with Gasteiger partial charge in [-0.15, -0.1) is 0 Å². The van der Waals surface area contributed by atoms with E-state index < -0.39 is 0 Å². The second kappa shape index (κ2) is 13.1. The number of hydrogen-bond acceptors (Lipinski definition) is 3. The van der Waals surface area contributed by atoms with Gasteiger partial charge in [0.2, 0.25) is 0 Å². The van der Waals surface area contributed by atoms with Gasteiger partial charge >= 0.3 is 0 Å². The van der Waals surface area contributed by atoms with E-state index in [-0.39, 0.29) is 10.8 Å². The molecule has 0 aromatic heterocycles. The van der Waals surface area contributed by atoms with Gasteiger partial charge in [0.1, 0.15) is 11.5 Å². The molecule has 12 rings (SSSR count). The molecule has 0 saturated heterocycles. The number of hydrogen-bond donors (Lipinski definition) is 0. The van der Waals surface area contributed by atoms with E-state index in [1.165, 1.54) is 44.5 Å². The molecule has 3 nitrogen and oxygen atoms in total. The quantitative estimate of drug-likeness (QED) is 0.167. The van der Waals surface area contributed by atoms with Crippen molar-refractivity contribution in [3.8, 4) is 44.9 Å². The van der Waals surface area contributed by atoms with E-state index in [0.29, 0.717) is 0 Å². The Bertz CT molecular complexity index is 3090. The second-order valence-electron chi connectivity index (χ2n) is 17.7. The minimum atomic E-state index is -0.141. The zero-order valence-corrected chi connectivity index (χ0v) is 34.8. The summed E-state index contributed by atoms with van der Waals surface area (Å²) in [6, 6.07) is 70.9. The predicted octanol–water partition coefficient (Wildman–Crippen LogP) is 16.2. The molecule has 9 aromatic rings. The lowest BCUT2D eigenvalue weighted by Crippen LogP contribution is -2.18. The first-order chi connectivity index (χ1) is 29.8. The van der Waals surface area contributed by atoms with Crippen molar-refractivity contribution in [1.29, 1.82) is 0 Å². The molecular formula is C58H44N2O. The van der Waals surface area contributed by atoms with E-state index in [0.717, 1.165) is 67.5 Å². The van der Waals surface area contributed by atoms with Crippen LogP contribution in [0, 0.1) is 0 Å². The van der Waals surface area contributed by atoms with Gasteiger partial charge in [0, 0.05) is 50.6 Å². The Hall–Kier alpha value is -7.36. The molecule has 61 heavy (non-hydrogen) atoms. The van der Waals surface area contributed by atoms with Crippen molar-refractivity contribution in [2.75, 3.05) is 9.80 Å². The number of nitrogens with zero attached hydrogens (tertiary/aromatic N) is 2. The van der Waals surface area contributed by atoms with Gasteiger partial charge in [-0.25, -0.2) is 0 Å². The van der Waals surface area contributed by atoms with Crippen LogP contribution in [0.4, 0.5) is 34.1 Å². The van der Waals surface area contributed by atoms with Crippen molar-refractivity contribution < 1.29 is 4.74 Å². The van der Waals surface area contributed by atoms with Gasteiger partial charge in [0.05, 0.1) is 11.4 Å². The molecule has 1 aliphatic heterocycles. The third-order valence-corrected chi connectivity index (χ3v) is 13.6. The van der Waals surface area contributed by atoms with Crippen molar-refractivity contribution in [3.63, 3.8) is 0 Å². The number of anilines is 6. The molecule has 0 radical (unpaired) electrons. The van der Waals surface area contributed by atoms with Crippen LogP contribution < -0.4 is 14.5 Å². The highest BCUT2D eigenvalue weighted by Crippen LogP contribution is 2.56. The fourth-order valence-electron chi connectivity index (χ4n) is 10.7. The fraction of sp³-hybridized carbons (Fsp3) is 0.103. The van der Waals surface area contributed by atoms with Crippen LogP contribution in [0.5, 0.6) is 11.5 Å². The number of fused-ring (bicyclic) bond motifs is 8. The number of rotatable bonds is 6. The Balaban J connectivity index is 1.06. The molecule has 0 unspecified atom stereocenters. The topological polar surface area (TPSA) is 15.7 Å². The highest BCUT2D eigenvalue weighted by atomic mass is 16.5. The van der Waals surface area contributed by atoms with Crippen LogP contribution in [0.25, 0.3) is 44.2 Å². The first-order valence-electron chi connectivity index (χ1n) is 21.3. The standard InChI is InChI=1S/C58H44N2O/c1-57(2)48-25-13-11-22-43(48)45-31-29-40(34-50(45)57)59(41-30-32-46-44-23-12-14-26-49(44)58(3,4)51(46)35-41)42-33-37-17-15-24-47-55(37)54(36-42)61-53-28-16-27-52(56(47)53)60(38-18-7-5-8-19-38)39-20-9-6-10-21-39/h5-36H,1-4H3. The molecule has 292 valence electrons. The molecule has 0 atom stereocenters. The van der Waals surface area contributed by atoms with Gasteiger partial charge in [-0.2, -0.15) is 0 Å². The summed E-state index contributed by atoms with van der Waals surface area (Å²) >= 11 is 0. The van der Waals surface area contributed by atoms with Gasteiger partial charge in [-0.05, 0) is 122 Å². The van der Waals surface area contributed by atoms with Gasteiger partial charge in [-0.1, -0.05) is 149 Å². The predicted molar refractivity (Wildman–Crippen MR) is 254 cm³/mol. The number of benzene rings is 9. The normalized spacial score (nSPS) is 14.3. The second-order valence-corrected chi connectivity index (χ2v) is 17.7. The molecule has 0 bridgehead atoms. The van der Waals surface area contributed by atoms with Crippen LogP contribution in [0.1, 0.15) is 49.9 Å². The molecule has 2 aliphatic carbocycles. The van der Waals surface area contributed by atoms with Crippen molar-refractivity contribution in [2.45, 2.75) is 38.5 Å². The van der Waals surface area contributed by atoms with Crippen LogP contribution in [-0.4, -0.2) is 0 Å². The van der Waals surface area contributed by atoms with E-state index in [4.69, 9.17) is 4.74 Å². The maximum atomic E-state index is 7.12. The van der Waals surface area contributed by atoms with Crippen LogP contribution in [0.3, 0.4) is 0 Å². The molecule has 1 heterocycles. The molecule has 3 aliphatic rings. The zero-order chi connectivity index (χ0) is 41.0. The lowest BCUT2D eigenvalue weighted by atomic mass is 9.82. The summed E-state index contributed by atoms with van der Waals surface area (Å²) in [6.07, 6.45) is 0. The van der Waals surface area contributed by atoms with Crippen molar-refractivity contribution in [2.24, 2.45) is 0 Å². The lowest BCUT2D eigenvalue weighted by molar-refractivity contribution is 0.487. The maximum absolute atomic E-state index is 7.12. The van der Waals surface area contributed by atoms with Crippen LogP contribution in [-0.2, 0) is 10.8 Å². The van der Waals surface area contributed by atoms with Crippen LogP contribution in [0.15, 0.2) is 194 Å². The highest BCUT2D eigenvalue weighted by Gasteiger charge is 2.38. The zero-order valence-electron chi connectivity index (χ0n) is 34.8. The summed E-state index contributed by atoms with van der Waals surface area (Å²) in [6.45, 7) is 9.44. The van der Waals surface area contributed by atoms with Crippen LogP contribution >= 0.6 is 0 Å².